The molecule has 0 saturated heterocycles. The minimum atomic E-state index is -3.45. The molecule has 0 unspecified atom stereocenters. The van der Waals surface area contributed by atoms with Crippen molar-refractivity contribution in [3.8, 4) is 11.3 Å². The van der Waals surface area contributed by atoms with Crippen LogP contribution in [0.2, 0.25) is 5.02 Å². The number of halogens is 1. The van der Waals surface area contributed by atoms with E-state index in [2.05, 4.69) is 18.8 Å². The Morgan fingerprint density at radius 2 is 1.72 bits per heavy atom. The number of aromatic nitrogens is 1. The van der Waals surface area contributed by atoms with Crippen LogP contribution in [0.5, 0.6) is 0 Å². The van der Waals surface area contributed by atoms with E-state index in [-0.39, 0.29) is 0 Å². The first-order chi connectivity index (χ1) is 12.1. The molecule has 2 rings (SSSR count). The van der Waals surface area contributed by atoms with E-state index in [0.29, 0.717) is 34.8 Å². The highest BCUT2D eigenvalue weighted by Gasteiger charge is 2.31. The molecular formula is C19H25ClNO3P. The maximum absolute atomic E-state index is 13.6. The van der Waals surface area contributed by atoms with Crippen molar-refractivity contribution in [1.29, 1.82) is 0 Å². The monoisotopic (exact) mass is 381 g/mol. The normalized spacial score (nSPS) is 11.6. The van der Waals surface area contributed by atoms with Crippen molar-refractivity contribution in [1.82, 2.24) is 4.98 Å². The van der Waals surface area contributed by atoms with Gasteiger partial charge in [0.05, 0.1) is 24.2 Å². The van der Waals surface area contributed by atoms with E-state index in [0.717, 1.165) is 25.7 Å². The van der Waals surface area contributed by atoms with Gasteiger partial charge >= 0.3 is 7.60 Å². The Kier molecular flexibility index (Phi) is 8.11. The molecule has 0 fully saturated rings. The summed E-state index contributed by atoms with van der Waals surface area (Å²) in [6, 6.07) is 10.8. The van der Waals surface area contributed by atoms with Gasteiger partial charge in [0.25, 0.3) is 0 Å². The molecule has 0 radical (unpaired) electrons. The van der Waals surface area contributed by atoms with Crippen LogP contribution in [0.3, 0.4) is 0 Å². The van der Waals surface area contributed by atoms with E-state index in [1.54, 1.807) is 24.4 Å². The topological polar surface area (TPSA) is 48.4 Å². The molecular weight excluding hydrogens is 357 g/mol. The zero-order valence-electron chi connectivity index (χ0n) is 14.8. The lowest BCUT2D eigenvalue weighted by molar-refractivity contribution is 0.208. The highest BCUT2D eigenvalue weighted by Crippen LogP contribution is 2.49. The van der Waals surface area contributed by atoms with Crippen LogP contribution >= 0.6 is 19.2 Å². The van der Waals surface area contributed by atoms with Gasteiger partial charge in [0.2, 0.25) is 0 Å². The molecule has 0 amide bonds. The molecule has 4 nitrogen and oxygen atoms in total. The molecule has 0 N–H and O–H groups in total. The Labute approximate surface area is 155 Å². The van der Waals surface area contributed by atoms with Crippen molar-refractivity contribution in [2.45, 2.75) is 39.5 Å². The summed E-state index contributed by atoms with van der Waals surface area (Å²) < 4.78 is 25.1. The Bertz CT molecular complexity index is 695. The maximum Gasteiger partial charge on any atom is 0.362 e. The number of unbranched alkanes of at least 4 members (excludes halogenated alkanes) is 2. The van der Waals surface area contributed by atoms with Gasteiger partial charge in [-0.05, 0) is 43.2 Å². The van der Waals surface area contributed by atoms with Crippen molar-refractivity contribution in [3.05, 3.63) is 47.6 Å². The van der Waals surface area contributed by atoms with Crippen LogP contribution in [0.4, 0.5) is 0 Å². The zero-order valence-corrected chi connectivity index (χ0v) is 16.4. The summed E-state index contributed by atoms with van der Waals surface area (Å²) >= 11 is 6.17. The molecule has 0 aliphatic carbocycles. The second kappa shape index (κ2) is 10.1. The van der Waals surface area contributed by atoms with Crippen LogP contribution in [-0.4, -0.2) is 18.2 Å². The number of nitrogens with zero attached hydrogens (tertiary/aromatic N) is 1. The van der Waals surface area contributed by atoms with Gasteiger partial charge in [-0.3, -0.25) is 9.55 Å². The number of hydrogen-bond acceptors (Lipinski definition) is 4. The Morgan fingerprint density at radius 3 is 2.28 bits per heavy atom. The van der Waals surface area contributed by atoms with Crippen molar-refractivity contribution in [2.75, 3.05) is 13.2 Å². The predicted octanol–water partition coefficient (Wildman–Crippen LogP) is 5.85. The fraction of sp³-hybridized carbons (Fsp3) is 0.421. The number of pyridine rings is 1. The lowest BCUT2D eigenvalue weighted by Crippen LogP contribution is -2.15. The molecule has 0 aliphatic rings. The second-order valence-electron chi connectivity index (χ2n) is 5.75. The summed E-state index contributed by atoms with van der Waals surface area (Å²) in [6.45, 7) is 4.91. The quantitative estimate of drug-likeness (QED) is 0.382. The SMILES string of the molecule is CCCCOP(=O)(OCCCC)c1ccc(Cl)cc1-c1ccccn1. The lowest BCUT2D eigenvalue weighted by Gasteiger charge is -2.21. The van der Waals surface area contributed by atoms with Crippen LogP contribution in [0, 0.1) is 0 Å². The molecule has 0 saturated carbocycles. The Hall–Kier alpha value is -1.19. The molecule has 0 spiro atoms. The smallest absolute Gasteiger partial charge is 0.305 e. The van der Waals surface area contributed by atoms with Gasteiger partial charge in [-0.15, -0.1) is 0 Å². The summed E-state index contributed by atoms with van der Waals surface area (Å²) in [5.41, 5.74) is 1.38. The molecule has 0 atom stereocenters. The highest BCUT2D eigenvalue weighted by atomic mass is 35.5. The lowest BCUT2D eigenvalue weighted by atomic mass is 10.1. The minimum absolute atomic E-state index is 0.393. The average molecular weight is 382 g/mol. The summed E-state index contributed by atoms with van der Waals surface area (Å²) in [6.07, 6.45) is 5.27. The van der Waals surface area contributed by atoms with E-state index in [4.69, 9.17) is 20.6 Å². The molecule has 0 bridgehead atoms. The molecule has 0 aliphatic heterocycles. The van der Waals surface area contributed by atoms with Gasteiger partial charge in [-0.25, -0.2) is 0 Å². The van der Waals surface area contributed by atoms with Crippen LogP contribution in [0.1, 0.15) is 39.5 Å². The molecule has 6 heteroatoms. The number of benzene rings is 1. The van der Waals surface area contributed by atoms with Crippen LogP contribution < -0.4 is 5.30 Å². The van der Waals surface area contributed by atoms with E-state index in [1.165, 1.54) is 0 Å². The summed E-state index contributed by atoms with van der Waals surface area (Å²) in [4.78, 5) is 4.37. The van der Waals surface area contributed by atoms with Gasteiger partial charge in [0.1, 0.15) is 0 Å². The summed E-state index contributed by atoms with van der Waals surface area (Å²) in [5, 5.41) is 1.07. The van der Waals surface area contributed by atoms with Gasteiger partial charge in [-0.1, -0.05) is 44.4 Å². The van der Waals surface area contributed by atoms with Gasteiger partial charge in [-0.2, -0.15) is 0 Å². The first-order valence-electron chi connectivity index (χ1n) is 8.71. The third-order valence-corrected chi connectivity index (χ3v) is 5.97. The first-order valence-corrected chi connectivity index (χ1v) is 10.6. The molecule has 25 heavy (non-hydrogen) atoms. The average Bonchev–Trinajstić information content (AvgIpc) is 2.63. The molecule has 1 heterocycles. The molecule has 1 aromatic heterocycles. The zero-order chi connectivity index (χ0) is 18.1. The first kappa shape index (κ1) is 20.1. The Balaban J connectivity index is 2.43. The van der Waals surface area contributed by atoms with E-state index in [1.807, 2.05) is 18.2 Å². The standard InChI is InChI=1S/C19H25ClNO3P/c1-3-5-13-23-25(22,24-14-6-4-2)19-11-10-16(20)15-17(19)18-9-7-8-12-21-18/h7-12,15H,3-6,13-14H2,1-2H3. The molecule has 1 aromatic carbocycles. The third-order valence-electron chi connectivity index (χ3n) is 3.71. The van der Waals surface area contributed by atoms with Crippen molar-refractivity contribution >= 4 is 24.5 Å². The van der Waals surface area contributed by atoms with Gasteiger partial charge < -0.3 is 9.05 Å². The largest absolute Gasteiger partial charge is 0.362 e. The van der Waals surface area contributed by atoms with Crippen molar-refractivity contribution in [3.63, 3.8) is 0 Å². The van der Waals surface area contributed by atoms with Crippen molar-refractivity contribution < 1.29 is 13.6 Å². The third kappa shape index (κ3) is 5.65. The highest BCUT2D eigenvalue weighted by molar-refractivity contribution is 7.62. The Morgan fingerprint density at radius 1 is 1.04 bits per heavy atom. The van der Waals surface area contributed by atoms with Crippen LogP contribution in [-0.2, 0) is 13.6 Å². The summed E-state index contributed by atoms with van der Waals surface area (Å²) in [7, 11) is -3.45. The number of hydrogen-bond donors (Lipinski definition) is 0. The number of rotatable bonds is 10. The van der Waals surface area contributed by atoms with Gasteiger partial charge in [0, 0.05) is 16.8 Å². The fourth-order valence-electron chi connectivity index (χ4n) is 2.31. The molecule has 136 valence electrons. The second-order valence-corrected chi connectivity index (χ2v) is 8.18. The van der Waals surface area contributed by atoms with E-state index < -0.39 is 7.60 Å². The van der Waals surface area contributed by atoms with Gasteiger partial charge in [0.15, 0.2) is 0 Å². The van der Waals surface area contributed by atoms with Crippen LogP contribution in [0.25, 0.3) is 11.3 Å². The van der Waals surface area contributed by atoms with Crippen molar-refractivity contribution in [2.24, 2.45) is 0 Å². The van der Waals surface area contributed by atoms with E-state index >= 15 is 0 Å². The van der Waals surface area contributed by atoms with Crippen LogP contribution in [0.15, 0.2) is 42.6 Å². The molecule has 2 aromatic rings. The fourth-order valence-corrected chi connectivity index (χ4v) is 4.30. The predicted molar refractivity (Wildman–Crippen MR) is 104 cm³/mol. The summed E-state index contributed by atoms with van der Waals surface area (Å²) in [5.74, 6) is 0. The van der Waals surface area contributed by atoms with E-state index in [9.17, 15) is 4.57 Å². The minimum Gasteiger partial charge on any atom is -0.305 e. The maximum atomic E-state index is 13.6.